The average molecular weight is 462 g/mol. The smallest absolute Gasteiger partial charge is 0.223 e. The van der Waals surface area contributed by atoms with E-state index in [0.29, 0.717) is 18.3 Å². The molecule has 0 aromatic carbocycles. The number of rotatable bonds is 4. The number of hydrogen-bond donors (Lipinski definition) is 1. The van der Waals surface area contributed by atoms with Gasteiger partial charge in [-0.05, 0) is 11.4 Å². The molecule has 1 fully saturated rings. The lowest BCUT2D eigenvalue weighted by Crippen LogP contribution is -2.52. The van der Waals surface area contributed by atoms with Gasteiger partial charge in [-0.25, -0.2) is 0 Å². The Labute approximate surface area is 163 Å². The van der Waals surface area contributed by atoms with Crippen molar-refractivity contribution in [2.45, 2.75) is 20.0 Å². The van der Waals surface area contributed by atoms with Crippen molar-refractivity contribution < 1.29 is 4.52 Å². The molecule has 3 heterocycles. The van der Waals surface area contributed by atoms with E-state index in [2.05, 4.69) is 47.8 Å². The van der Waals surface area contributed by atoms with Crippen molar-refractivity contribution in [1.82, 2.24) is 25.3 Å². The van der Waals surface area contributed by atoms with Gasteiger partial charge in [0, 0.05) is 51.6 Å². The van der Waals surface area contributed by atoms with Crippen LogP contribution < -0.4 is 5.32 Å². The first kappa shape index (κ1) is 19.1. The predicted molar refractivity (Wildman–Crippen MR) is 106 cm³/mol. The summed E-state index contributed by atoms with van der Waals surface area (Å²) in [7, 11) is 1.81. The zero-order valence-corrected chi connectivity index (χ0v) is 17.1. The first-order chi connectivity index (χ1) is 11.2. The van der Waals surface area contributed by atoms with Gasteiger partial charge < -0.3 is 14.7 Å². The second-order valence-corrected chi connectivity index (χ2v) is 6.51. The van der Waals surface area contributed by atoms with Gasteiger partial charge in [-0.3, -0.25) is 9.89 Å². The number of guanidine groups is 1. The molecule has 0 atom stereocenters. The van der Waals surface area contributed by atoms with Crippen molar-refractivity contribution in [2.24, 2.45) is 4.99 Å². The highest BCUT2D eigenvalue weighted by molar-refractivity contribution is 14.0. The largest absolute Gasteiger partial charge is 0.349 e. The maximum absolute atomic E-state index is 4.98. The second-order valence-electron chi connectivity index (χ2n) is 5.47. The number of thiophene rings is 1. The third kappa shape index (κ3) is 5.15. The van der Waals surface area contributed by atoms with Crippen LogP contribution in [0.15, 0.2) is 27.0 Å². The molecule has 9 heteroatoms. The van der Waals surface area contributed by atoms with Gasteiger partial charge >= 0.3 is 0 Å². The van der Waals surface area contributed by atoms with Crippen LogP contribution in [0.3, 0.4) is 0 Å². The summed E-state index contributed by atoms with van der Waals surface area (Å²) in [5.74, 6) is 2.13. The van der Waals surface area contributed by atoms with Crippen molar-refractivity contribution in [3.63, 3.8) is 0 Å². The van der Waals surface area contributed by atoms with Crippen molar-refractivity contribution in [2.75, 3.05) is 33.2 Å². The Morgan fingerprint density at radius 2 is 2.17 bits per heavy atom. The summed E-state index contributed by atoms with van der Waals surface area (Å²) in [6, 6.07) is 4.31. The molecule has 3 rings (SSSR count). The van der Waals surface area contributed by atoms with E-state index < -0.39 is 0 Å². The number of nitrogens with zero attached hydrogens (tertiary/aromatic N) is 5. The predicted octanol–water partition coefficient (Wildman–Crippen LogP) is 1.95. The molecule has 0 saturated carbocycles. The van der Waals surface area contributed by atoms with E-state index in [-0.39, 0.29) is 24.0 Å². The van der Waals surface area contributed by atoms with Gasteiger partial charge in [-0.2, -0.15) is 4.98 Å². The Kier molecular flexibility index (Phi) is 7.43. The third-order valence-corrected chi connectivity index (χ3v) is 4.68. The molecule has 24 heavy (non-hydrogen) atoms. The van der Waals surface area contributed by atoms with Crippen molar-refractivity contribution in [1.29, 1.82) is 0 Å². The lowest BCUT2D eigenvalue weighted by atomic mass is 10.3. The van der Waals surface area contributed by atoms with Crippen molar-refractivity contribution in [3.05, 3.63) is 34.1 Å². The maximum atomic E-state index is 4.98. The molecule has 0 spiro atoms. The van der Waals surface area contributed by atoms with E-state index in [1.54, 1.807) is 6.92 Å². The van der Waals surface area contributed by atoms with Crippen LogP contribution in [0.4, 0.5) is 0 Å². The zero-order chi connectivity index (χ0) is 16.1. The molecule has 0 bridgehead atoms. The Bertz CT molecular complexity index is 636. The molecule has 0 unspecified atom stereocenters. The Morgan fingerprint density at radius 3 is 2.75 bits per heavy atom. The fraction of sp³-hybridized carbons (Fsp3) is 0.533. The summed E-state index contributed by atoms with van der Waals surface area (Å²) in [6.45, 7) is 7.38. The molecular formula is C15H23IN6OS. The van der Waals surface area contributed by atoms with Crippen molar-refractivity contribution in [3.8, 4) is 0 Å². The lowest BCUT2D eigenvalue weighted by molar-refractivity contribution is 0.173. The standard InChI is InChI=1S/C15H22N6OS.HI/c1-12-18-14(19-22-12)10-17-15(16-2)21-7-5-20(6-8-21)11-13-4-3-9-23-13;/h3-4,9H,5-8,10-11H2,1-2H3,(H,16,17);1H. The number of nitrogens with one attached hydrogen (secondary N) is 1. The summed E-state index contributed by atoms with van der Waals surface area (Å²) in [5, 5.41) is 9.33. The number of piperazine rings is 1. The van der Waals surface area contributed by atoms with Gasteiger partial charge in [0.15, 0.2) is 11.8 Å². The van der Waals surface area contributed by atoms with Gasteiger partial charge in [0.1, 0.15) is 0 Å². The lowest BCUT2D eigenvalue weighted by Gasteiger charge is -2.36. The monoisotopic (exact) mass is 462 g/mol. The van der Waals surface area contributed by atoms with Crippen LogP contribution in [-0.4, -0.2) is 59.1 Å². The molecule has 132 valence electrons. The van der Waals surface area contributed by atoms with E-state index in [1.165, 1.54) is 4.88 Å². The highest BCUT2D eigenvalue weighted by atomic mass is 127. The number of aryl methyl sites for hydroxylation is 1. The highest BCUT2D eigenvalue weighted by Gasteiger charge is 2.20. The average Bonchev–Trinajstić information content (AvgIpc) is 3.21. The topological polar surface area (TPSA) is 69.8 Å². The molecule has 1 aliphatic heterocycles. The molecule has 7 nitrogen and oxygen atoms in total. The molecule has 1 aliphatic rings. The van der Waals surface area contributed by atoms with Gasteiger partial charge in [0.05, 0.1) is 6.54 Å². The maximum Gasteiger partial charge on any atom is 0.223 e. The molecule has 1 saturated heterocycles. The fourth-order valence-electron chi connectivity index (χ4n) is 2.64. The summed E-state index contributed by atoms with van der Waals surface area (Å²) in [4.78, 5) is 14.7. The summed E-state index contributed by atoms with van der Waals surface area (Å²) < 4.78 is 4.98. The van der Waals surface area contributed by atoms with Crippen LogP contribution in [0.2, 0.25) is 0 Å². The normalized spacial score (nSPS) is 16.1. The first-order valence-corrected chi connectivity index (χ1v) is 8.62. The van der Waals surface area contributed by atoms with Crippen LogP contribution >= 0.6 is 35.3 Å². The van der Waals surface area contributed by atoms with Gasteiger partial charge in [0.2, 0.25) is 5.89 Å². The van der Waals surface area contributed by atoms with E-state index in [4.69, 9.17) is 4.52 Å². The quantitative estimate of drug-likeness (QED) is 0.426. The van der Waals surface area contributed by atoms with Crippen LogP contribution in [0.1, 0.15) is 16.6 Å². The number of hydrogen-bond acceptors (Lipinski definition) is 6. The molecule has 2 aromatic rings. The Morgan fingerprint density at radius 1 is 1.38 bits per heavy atom. The first-order valence-electron chi connectivity index (χ1n) is 7.74. The van der Waals surface area contributed by atoms with Crippen LogP contribution in [0.25, 0.3) is 0 Å². The minimum atomic E-state index is 0. The molecular weight excluding hydrogens is 439 g/mol. The minimum Gasteiger partial charge on any atom is -0.349 e. The van der Waals surface area contributed by atoms with Crippen LogP contribution in [0.5, 0.6) is 0 Å². The van der Waals surface area contributed by atoms with Crippen LogP contribution in [0, 0.1) is 6.92 Å². The number of aliphatic imine (C=N–C) groups is 1. The van der Waals surface area contributed by atoms with Crippen molar-refractivity contribution >= 4 is 41.3 Å². The molecule has 0 aliphatic carbocycles. The zero-order valence-electron chi connectivity index (χ0n) is 13.9. The summed E-state index contributed by atoms with van der Waals surface area (Å²) in [6.07, 6.45) is 0. The Balaban J connectivity index is 0.00000208. The fourth-order valence-corrected chi connectivity index (χ4v) is 3.39. The molecule has 1 N–H and O–H groups in total. The molecule has 0 amide bonds. The van der Waals surface area contributed by atoms with Crippen LogP contribution in [-0.2, 0) is 13.1 Å². The molecule has 2 aromatic heterocycles. The van der Waals surface area contributed by atoms with Gasteiger partial charge in [-0.1, -0.05) is 11.2 Å². The second kappa shape index (κ2) is 9.33. The number of aromatic nitrogens is 2. The third-order valence-electron chi connectivity index (χ3n) is 3.82. The summed E-state index contributed by atoms with van der Waals surface area (Å²) in [5.41, 5.74) is 0. The highest BCUT2D eigenvalue weighted by Crippen LogP contribution is 2.13. The number of halogens is 1. The minimum absolute atomic E-state index is 0. The van der Waals surface area contributed by atoms with E-state index in [0.717, 1.165) is 38.7 Å². The van der Waals surface area contributed by atoms with E-state index >= 15 is 0 Å². The Hall–Kier alpha value is -1.20. The van der Waals surface area contributed by atoms with E-state index in [1.807, 2.05) is 18.4 Å². The van der Waals surface area contributed by atoms with E-state index in [9.17, 15) is 0 Å². The summed E-state index contributed by atoms with van der Waals surface area (Å²) >= 11 is 1.82. The van der Waals surface area contributed by atoms with Gasteiger partial charge in [0.25, 0.3) is 0 Å². The SMILES string of the molecule is CN=C(NCc1noc(C)n1)N1CCN(Cc2cccs2)CC1.I. The molecule has 0 radical (unpaired) electrons. The van der Waals surface area contributed by atoms with Gasteiger partial charge in [-0.15, -0.1) is 35.3 Å².